The minimum absolute atomic E-state index is 0.242. The van der Waals surface area contributed by atoms with Gasteiger partial charge >= 0.3 is 0 Å². The molecule has 1 heterocycles. The molecule has 76 valence electrons. The van der Waals surface area contributed by atoms with Crippen molar-refractivity contribution in [3.63, 3.8) is 0 Å². The van der Waals surface area contributed by atoms with Crippen LogP contribution in [0.1, 0.15) is 0 Å². The summed E-state index contributed by atoms with van der Waals surface area (Å²) < 4.78 is 0.289. The lowest BCUT2D eigenvalue weighted by molar-refractivity contribution is 1.09. The van der Waals surface area contributed by atoms with Crippen molar-refractivity contribution in [2.45, 2.75) is 0 Å². The third kappa shape index (κ3) is 2.16. The number of halogens is 1. The molecular formula is C10H7ClN2OS. The van der Waals surface area contributed by atoms with Crippen LogP contribution in [0.4, 0.5) is 0 Å². The normalized spacial score (nSPS) is 10.2. The molecule has 0 amide bonds. The van der Waals surface area contributed by atoms with Crippen molar-refractivity contribution in [2.75, 3.05) is 0 Å². The molecule has 2 N–H and O–H groups in total. The van der Waals surface area contributed by atoms with E-state index >= 15 is 0 Å². The fourth-order valence-electron chi connectivity index (χ4n) is 1.29. The van der Waals surface area contributed by atoms with Crippen LogP contribution in [-0.4, -0.2) is 9.97 Å². The Morgan fingerprint density at radius 2 is 1.93 bits per heavy atom. The zero-order chi connectivity index (χ0) is 10.8. The zero-order valence-electron chi connectivity index (χ0n) is 7.58. The van der Waals surface area contributed by atoms with Crippen molar-refractivity contribution in [3.05, 3.63) is 50.5 Å². The van der Waals surface area contributed by atoms with Crippen molar-refractivity contribution in [3.8, 4) is 11.3 Å². The summed E-state index contributed by atoms with van der Waals surface area (Å²) in [5.41, 5.74) is 1.14. The highest BCUT2D eigenvalue weighted by Gasteiger charge is 2.03. The quantitative estimate of drug-likeness (QED) is 0.751. The lowest BCUT2D eigenvalue weighted by atomic mass is 10.1. The van der Waals surface area contributed by atoms with Gasteiger partial charge in [0.2, 0.25) is 0 Å². The van der Waals surface area contributed by atoms with Crippen LogP contribution in [0.2, 0.25) is 5.02 Å². The van der Waals surface area contributed by atoms with Crippen LogP contribution in [-0.2, 0) is 0 Å². The third-order valence-corrected chi connectivity index (χ3v) is 2.46. The van der Waals surface area contributed by atoms with Gasteiger partial charge in [-0.3, -0.25) is 9.78 Å². The molecule has 0 atom stereocenters. The predicted molar refractivity (Wildman–Crippen MR) is 62.7 cm³/mol. The Kier molecular flexibility index (Phi) is 2.70. The number of rotatable bonds is 1. The van der Waals surface area contributed by atoms with Crippen LogP contribution in [0, 0.1) is 4.77 Å². The number of nitrogens with one attached hydrogen (secondary N) is 2. The highest BCUT2D eigenvalue weighted by molar-refractivity contribution is 7.71. The number of hydrogen-bond acceptors (Lipinski definition) is 2. The highest BCUT2D eigenvalue weighted by Crippen LogP contribution is 2.24. The minimum Gasteiger partial charge on any atom is -0.332 e. The Labute approximate surface area is 95.8 Å². The molecule has 0 aliphatic carbocycles. The molecular weight excluding hydrogens is 232 g/mol. The highest BCUT2D eigenvalue weighted by atomic mass is 35.5. The van der Waals surface area contributed by atoms with E-state index in [4.69, 9.17) is 23.8 Å². The predicted octanol–water partition coefficient (Wildman–Crippen LogP) is 2.75. The van der Waals surface area contributed by atoms with Crippen LogP contribution in [0.3, 0.4) is 0 Å². The van der Waals surface area contributed by atoms with Gasteiger partial charge in [-0.1, -0.05) is 29.8 Å². The fourth-order valence-corrected chi connectivity index (χ4v) is 1.74. The van der Waals surface area contributed by atoms with Gasteiger partial charge in [0.05, 0.1) is 5.69 Å². The summed E-state index contributed by atoms with van der Waals surface area (Å²) >= 11 is 10.9. The zero-order valence-corrected chi connectivity index (χ0v) is 9.15. The van der Waals surface area contributed by atoms with E-state index in [1.165, 1.54) is 6.07 Å². The van der Waals surface area contributed by atoms with Gasteiger partial charge < -0.3 is 4.98 Å². The largest absolute Gasteiger partial charge is 0.332 e. The molecule has 0 unspecified atom stereocenters. The van der Waals surface area contributed by atoms with Crippen molar-refractivity contribution >= 4 is 23.8 Å². The lowest BCUT2D eigenvalue weighted by Crippen LogP contribution is -2.06. The smallest absolute Gasteiger partial charge is 0.252 e. The van der Waals surface area contributed by atoms with Crippen LogP contribution in [0.5, 0.6) is 0 Å². The Morgan fingerprint density at radius 1 is 1.20 bits per heavy atom. The third-order valence-electron chi connectivity index (χ3n) is 1.92. The molecule has 0 spiro atoms. The van der Waals surface area contributed by atoms with Gasteiger partial charge in [-0.25, -0.2) is 0 Å². The van der Waals surface area contributed by atoms with E-state index in [1.54, 1.807) is 6.07 Å². The molecule has 1 aromatic carbocycles. The SMILES string of the molecule is O=c1cc(-c2ccccc2Cl)[nH]c(=S)[nH]1. The average Bonchev–Trinajstić information content (AvgIpc) is 2.16. The Balaban J connectivity index is 2.70. The number of aromatic nitrogens is 2. The van der Waals surface area contributed by atoms with Gasteiger partial charge in [0.15, 0.2) is 4.77 Å². The molecule has 0 saturated carbocycles. The minimum atomic E-state index is -0.242. The molecule has 0 aliphatic heterocycles. The number of benzene rings is 1. The van der Waals surface area contributed by atoms with Crippen LogP contribution < -0.4 is 5.56 Å². The van der Waals surface area contributed by atoms with E-state index in [-0.39, 0.29) is 10.3 Å². The second kappa shape index (κ2) is 4.00. The molecule has 0 radical (unpaired) electrons. The molecule has 0 saturated heterocycles. The summed E-state index contributed by atoms with van der Waals surface area (Å²) in [6.45, 7) is 0. The summed E-state index contributed by atoms with van der Waals surface area (Å²) in [6.07, 6.45) is 0. The summed E-state index contributed by atoms with van der Waals surface area (Å²) in [7, 11) is 0. The van der Waals surface area contributed by atoms with Gasteiger partial charge in [0.25, 0.3) is 5.56 Å². The monoisotopic (exact) mass is 238 g/mol. The molecule has 3 nitrogen and oxygen atoms in total. The molecule has 15 heavy (non-hydrogen) atoms. The molecule has 0 bridgehead atoms. The van der Waals surface area contributed by atoms with E-state index in [0.717, 1.165) is 5.56 Å². The first kappa shape index (κ1) is 10.1. The first-order chi connectivity index (χ1) is 7.16. The number of H-pyrrole nitrogens is 2. The summed E-state index contributed by atoms with van der Waals surface area (Å²) in [4.78, 5) is 16.6. The summed E-state index contributed by atoms with van der Waals surface area (Å²) in [5, 5.41) is 0.578. The van der Waals surface area contributed by atoms with Crippen molar-refractivity contribution in [2.24, 2.45) is 0 Å². The first-order valence-corrected chi connectivity index (χ1v) is 5.04. The summed E-state index contributed by atoms with van der Waals surface area (Å²) in [5.74, 6) is 0. The topological polar surface area (TPSA) is 48.6 Å². The molecule has 2 rings (SSSR count). The number of hydrogen-bond donors (Lipinski definition) is 2. The van der Waals surface area contributed by atoms with Crippen molar-refractivity contribution < 1.29 is 0 Å². The van der Waals surface area contributed by atoms with E-state index in [2.05, 4.69) is 9.97 Å². The van der Waals surface area contributed by atoms with Crippen LogP contribution in [0.25, 0.3) is 11.3 Å². The second-order valence-corrected chi connectivity index (χ2v) is 3.80. The average molecular weight is 239 g/mol. The van der Waals surface area contributed by atoms with Gasteiger partial charge in [0.1, 0.15) is 0 Å². The van der Waals surface area contributed by atoms with Crippen molar-refractivity contribution in [1.82, 2.24) is 9.97 Å². The van der Waals surface area contributed by atoms with Crippen LogP contribution in [0.15, 0.2) is 35.1 Å². The maximum atomic E-state index is 11.2. The molecule has 0 aliphatic rings. The van der Waals surface area contributed by atoms with Gasteiger partial charge in [-0.2, -0.15) is 0 Å². The van der Waals surface area contributed by atoms with E-state index < -0.39 is 0 Å². The number of aromatic amines is 2. The van der Waals surface area contributed by atoms with Crippen LogP contribution >= 0.6 is 23.8 Å². The Bertz CT molecular complexity index is 574. The molecule has 5 heteroatoms. The molecule has 0 fully saturated rings. The molecule has 1 aromatic heterocycles. The van der Waals surface area contributed by atoms with Crippen molar-refractivity contribution in [1.29, 1.82) is 0 Å². The second-order valence-electron chi connectivity index (χ2n) is 2.98. The van der Waals surface area contributed by atoms with E-state index in [9.17, 15) is 4.79 Å². The fraction of sp³-hybridized carbons (Fsp3) is 0. The van der Waals surface area contributed by atoms with Gasteiger partial charge in [-0.15, -0.1) is 0 Å². The van der Waals surface area contributed by atoms with Gasteiger partial charge in [-0.05, 0) is 18.3 Å². The maximum absolute atomic E-state index is 11.2. The lowest BCUT2D eigenvalue weighted by Gasteiger charge is -2.02. The van der Waals surface area contributed by atoms with Gasteiger partial charge in [0, 0.05) is 16.7 Å². The van der Waals surface area contributed by atoms with E-state index in [1.807, 2.05) is 18.2 Å². The Hall–Kier alpha value is -1.39. The first-order valence-electron chi connectivity index (χ1n) is 4.25. The maximum Gasteiger partial charge on any atom is 0.252 e. The summed E-state index contributed by atoms with van der Waals surface area (Å²) in [6, 6.07) is 8.68. The Morgan fingerprint density at radius 3 is 2.60 bits per heavy atom. The van der Waals surface area contributed by atoms with E-state index in [0.29, 0.717) is 10.7 Å². The molecule has 2 aromatic rings. The standard InChI is InChI=1S/C10H7ClN2OS/c11-7-4-2-1-3-6(7)8-5-9(14)13-10(15)12-8/h1-5H,(H2,12,13,14,15).